The first-order chi connectivity index (χ1) is 6.11. The molecule has 0 aliphatic carbocycles. The number of aliphatic hydroxyl groups is 2. The van der Waals surface area contributed by atoms with Crippen LogP contribution in [0.25, 0.3) is 0 Å². The van der Waals surface area contributed by atoms with Crippen molar-refractivity contribution in [2.24, 2.45) is 0 Å². The minimum atomic E-state index is -0.238. The third kappa shape index (κ3) is 1.85. The number of aromatic hydroxyl groups is 1. The van der Waals surface area contributed by atoms with Crippen LogP contribution in [0.3, 0.4) is 0 Å². The van der Waals surface area contributed by atoms with Crippen LogP contribution in [0.2, 0.25) is 0 Å². The van der Waals surface area contributed by atoms with Crippen LogP contribution in [0.4, 0.5) is 0 Å². The molecule has 3 nitrogen and oxygen atoms in total. The van der Waals surface area contributed by atoms with Crippen LogP contribution in [0.1, 0.15) is 16.7 Å². The number of rotatable bonds is 2. The first-order valence-electron chi connectivity index (χ1n) is 3.83. The van der Waals surface area contributed by atoms with E-state index >= 15 is 0 Å². The lowest BCUT2D eigenvalue weighted by atomic mass is 10.0. The highest BCUT2D eigenvalue weighted by Gasteiger charge is 2.11. The van der Waals surface area contributed by atoms with Gasteiger partial charge in [-0.25, -0.2) is 0 Å². The van der Waals surface area contributed by atoms with Gasteiger partial charge in [0.05, 0.1) is 13.2 Å². The molecule has 1 aromatic carbocycles. The topological polar surface area (TPSA) is 60.7 Å². The van der Waals surface area contributed by atoms with Crippen molar-refractivity contribution in [1.82, 2.24) is 0 Å². The van der Waals surface area contributed by atoms with Gasteiger partial charge in [0.2, 0.25) is 0 Å². The summed E-state index contributed by atoms with van der Waals surface area (Å²) in [6.07, 6.45) is 0. The molecule has 1 rings (SSSR count). The largest absolute Gasteiger partial charge is 0.507 e. The molecule has 0 saturated heterocycles. The summed E-state index contributed by atoms with van der Waals surface area (Å²) < 4.78 is 0.776. The molecule has 4 heteroatoms. The number of halogens is 1. The van der Waals surface area contributed by atoms with Crippen molar-refractivity contribution in [2.45, 2.75) is 20.1 Å². The summed E-state index contributed by atoms with van der Waals surface area (Å²) in [4.78, 5) is 0. The lowest BCUT2D eigenvalue weighted by Crippen LogP contribution is -1.95. The zero-order valence-corrected chi connectivity index (χ0v) is 8.80. The second kappa shape index (κ2) is 4.09. The molecule has 0 fully saturated rings. The van der Waals surface area contributed by atoms with Crippen LogP contribution in [0, 0.1) is 6.92 Å². The quantitative estimate of drug-likeness (QED) is 0.741. The monoisotopic (exact) mass is 246 g/mol. The second-order valence-corrected chi connectivity index (χ2v) is 3.64. The predicted molar refractivity (Wildman–Crippen MR) is 52.4 cm³/mol. The molecule has 0 saturated carbocycles. The molecule has 3 N–H and O–H groups in total. The lowest BCUT2D eigenvalue weighted by Gasteiger charge is -2.11. The Hall–Kier alpha value is -0.580. The summed E-state index contributed by atoms with van der Waals surface area (Å²) in [5.41, 5.74) is 1.66. The fourth-order valence-corrected chi connectivity index (χ4v) is 1.67. The molecule has 0 bridgehead atoms. The van der Waals surface area contributed by atoms with Gasteiger partial charge in [0.15, 0.2) is 0 Å². The van der Waals surface area contributed by atoms with Crippen LogP contribution in [0.5, 0.6) is 5.75 Å². The fourth-order valence-electron chi connectivity index (χ4n) is 1.16. The second-order valence-electron chi connectivity index (χ2n) is 2.79. The summed E-state index contributed by atoms with van der Waals surface area (Å²) in [5, 5.41) is 27.4. The molecule has 0 aromatic heterocycles. The van der Waals surface area contributed by atoms with Gasteiger partial charge in [0.1, 0.15) is 5.75 Å². The highest BCUT2D eigenvalue weighted by molar-refractivity contribution is 9.10. The van der Waals surface area contributed by atoms with E-state index in [4.69, 9.17) is 10.2 Å². The Morgan fingerprint density at radius 2 is 1.92 bits per heavy atom. The molecule has 0 atom stereocenters. The van der Waals surface area contributed by atoms with Crippen LogP contribution in [0.15, 0.2) is 10.5 Å². The minimum absolute atomic E-state index is 0.0225. The summed E-state index contributed by atoms with van der Waals surface area (Å²) in [5.74, 6) is -0.0225. The fraction of sp³-hybridized carbons (Fsp3) is 0.333. The van der Waals surface area contributed by atoms with Gasteiger partial charge in [0, 0.05) is 15.6 Å². The van der Waals surface area contributed by atoms with Gasteiger partial charge in [-0.3, -0.25) is 0 Å². The summed E-state index contributed by atoms with van der Waals surface area (Å²) in [6.45, 7) is 1.32. The standard InChI is InChI=1S/C9H11BrO3/c1-5-7(4-12)9(13)6(3-11)2-8(5)10/h2,11-13H,3-4H2,1H3. The van der Waals surface area contributed by atoms with E-state index in [1.165, 1.54) is 0 Å². The zero-order chi connectivity index (χ0) is 10.0. The van der Waals surface area contributed by atoms with Crippen LogP contribution >= 0.6 is 15.9 Å². The van der Waals surface area contributed by atoms with E-state index in [9.17, 15) is 5.11 Å². The molecule has 0 aliphatic rings. The molecular formula is C9H11BrO3. The Morgan fingerprint density at radius 3 is 2.38 bits per heavy atom. The molecule has 0 aliphatic heterocycles. The average Bonchev–Trinajstić information content (AvgIpc) is 2.12. The summed E-state index contributed by atoms with van der Waals surface area (Å²) in [6, 6.07) is 1.64. The SMILES string of the molecule is Cc1c(Br)cc(CO)c(O)c1CO. The molecule has 0 unspecified atom stereocenters. The maximum Gasteiger partial charge on any atom is 0.126 e. The Labute approximate surface area is 84.8 Å². The molecule has 0 radical (unpaired) electrons. The first-order valence-corrected chi connectivity index (χ1v) is 4.62. The van der Waals surface area contributed by atoms with Crippen molar-refractivity contribution in [1.29, 1.82) is 0 Å². The van der Waals surface area contributed by atoms with E-state index in [2.05, 4.69) is 15.9 Å². The maximum atomic E-state index is 9.55. The minimum Gasteiger partial charge on any atom is -0.507 e. The van der Waals surface area contributed by atoms with E-state index in [1.807, 2.05) is 0 Å². The predicted octanol–water partition coefficient (Wildman–Crippen LogP) is 1.45. The van der Waals surface area contributed by atoms with Gasteiger partial charge in [-0.2, -0.15) is 0 Å². The highest BCUT2D eigenvalue weighted by atomic mass is 79.9. The summed E-state index contributed by atoms with van der Waals surface area (Å²) >= 11 is 3.28. The highest BCUT2D eigenvalue weighted by Crippen LogP contribution is 2.31. The van der Waals surface area contributed by atoms with Crippen molar-refractivity contribution in [3.63, 3.8) is 0 Å². The average molecular weight is 247 g/mol. The Kier molecular flexibility index (Phi) is 3.30. The van der Waals surface area contributed by atoms with E-state index in [-0.39, 0.29) is 19.0 Å². The van der Waals surface area contributed by atoms with Crippen LogP contribution < -0.4 is 0 Å². The molecule has 1 aromatic rings. The van der Waals surface area contributed by atoms with Gasteiger partial charge in [-0.15, -0.1) is 0 Å². The Morgan fingerprint density at radius 1 is 1.31 bits per heavy atom. The summed E-state index contributed by atoms with van der Waals surface area (Å²) in [7, 11) is 0. The Bertz CT molecular complexity index is 323. The van der Waals surface area contributed by atoms with E-state index in [0.29, 0.717) is 11.1 Å². The third-order valence-corrected chi connectivity index (χ3v) is 2.85. The third-order valence-electron chi connectivity index (χ3n) is 2.03. The van der Waals surface area contributed by atoms with E-state index in [1.54, 1.807) is 13.0 Å². The van der Waals surface area contributed by atoms with Crippen LogP contribution in [-0.2, 0) is 13.2 Å². The van der Waals surface area contributed by atoms with Crippen molar-refractivity contribution in [3.8, 4) is 5.75 Å². The number of benzene rings is 1. The first kappa shape index (κ1) is 10.5. The van der Waals surface area contributed by atoms with Gasteiger partial charge in [-0.05, 0) is 18.6 Å². The van der Waals surface area contributed by atoms with Gasteiger partial charge >= 0.3 is 0 Å². The zero-order valence-electron chi connectivity index (χ0n) is 7.21. The molecule has 72 valence electrons. The number of hydrogen-bond donors (Lipinski definition) is 3. The van der Waals surface area contributed by atoms with Crippen molar-refractivity contribution in [3.05, 3.63) is 27.2 Å². The molecule has 13 heavy (non-hydrogen) atoms. The van der Waals surface area contributed by atoms with Crippen molar-refractivity contribution < 1.29 is 15.3 Å². The van der Waals surface area contributed by atoms with Gasteiger partial charge in [0.25, 0.3) is 0 Å². The van der Waals surface area contributed by atoms with Gasteiger partial charge < -0.3 is 15.3 Å². The van der Waals surface area contributed by atoms with Crippen LogP contribution in [-0.4, -0.2) is 15.3 Å². The molecule has 0 amide bonds. The molecule has 0 heterocycles. The number of aliphatic hydroxyl groups excluding tert-OH is 2. The van der Waals surface area contributed by atoms with Gasteiger partial charge in [-0.1, -0.05) is 15.9 Å². The van der Waals surface area contributed by atoms with E-state index in [0.717, 1.165) is 10.0 Å². The normalized spacial score (nSPS) is 10.5. The van der Waals surface area contributed by atoms with Crippen molar-refractivity contribution >= 4 is 15.9 Å². The molecular weight excluding hydrogens is 236 g/mol. The molecule has 0 spiro atoms. The number of phenols is 1. The Balaban J connectivity index is 3.39. The smallest absolute Gasteiger partial charge is 0.126 e. The van der Waals surface area contributed by atoms with E-state index < -0.39 is 0 Å². The van der Waals surface area contributed by atoms with Crippen molar-refractivity contribution in [2.75, 3.05) is 0 Å². The number of hydrogen-bond acceptors (Lipinski definition) is 3. The lowest BCUT2D eigenvalue weighted by molar-refractivity contribution is 0.263. The maximum absolute atomic E-state index is 9.55.